The Kier molecular flexibility index (Phi) is 4.59. The number of benzene rings is 3. The molecule has 4 nitrogen and oxygen atoms in total. The van der Waals surface area contributed by atoms with E-state index >= 15 is 0 Å². The summed E-state index contributed by atoms with van der Waals surface area (Å²) >= 11 is 1.77. The molecule has 6 rings (SSSR count). The molecule has 3 aromatic rings. The Morgan fingerprint density at radius 3 is 2.39 bits per heavy atom. The van der Waals surface area contributed by atoms with E-state index < -0.39 is 0 Å². The summed E-state index contributed by atoms with van der Waals surface area (Å²) in [5.41, 5.74) is 2.56. The molecule has 0 radical (unpaired) electrons. The van der Waals surface area contributed by atoms with Crippen LogP contribution in [0.25, 0.3) is 10.8 Å². The van der Waals surface area contributed by atoms with E-state index in [1.807, 2.05) is 24.3 Å². The van der Waals surface area contributed by atoms with E-state index in [9.17, 15) is 4.79 Å². The van der Waals surface area contributed by atoms with Gasteiger partial charge < -0.3 is 14.2 Å². The normalized spacial score (nSPS) is 23.1. The summed E-state index contributed by atoms with van der Waals surface area (Å²) < 4.78 is 17.4. The van der Waals surface area contributed by atoms with E-state index in [1.165, 1.54) is 9.80 Å². The molecule has 1 aliphatic heterocycles. The molecule has 3 aliphatic rings. The van der Waals surface area contributed by atoms with Crippen molar-refractivity contribution in [1.82, 2.24) is 0 Å². The fraction of sp³-hybridized carbons (Fsp3) is 0.250. The number of ketones is 1. The Morgan fingerprint density at radius 2 is 1.70 bits per heavy atom. The minimum atomic E-state index is -0.303. The fourth-order valence-electron chi connectivity index (χ4n) is 5.54. The maximum atomic E-state index is 13.7. The highest BCUT2D eigenvalue weighted by Crippen LogP contribution is 2.57. The van der Waals surface area contributed by atoms with E-state index in [1.54, 1.807) is 26.0 Å². The minimum absolute atomic E-state index is 0.0299. The molecule has 0 bridgehead atoms. The molecular weight excluding hydrogens is 432 g/mol. The molecule has 2 atom stereocenters. The first-order valence-corrected chi connectivity index (χ1v) is 11.9. The molecule has 0 saturated carbocycles. The minimum Gasteiger partial charge on any atom is -0.496 e. The predicted molar refractivity (Wildman–Crippen MR) is 130 cm³/mol. The number of thioether (sulfide) groups is 1. The molecule has 0 saturated heterocycles. The second kappa shape index (κ2) is 7.42. The topological polar surface area (TPSA) is 44.8 Å². The van der Waals surface area contributed by atoms with Crippen LogP contribution in [0.2, 0.25) is 0 Å². The van der Waals surface area contributed by atoms with Crippen molar-refractivity contribution in [3.05, 3.63) is 88.0 Å². The average molecular weight is 457 g/mol. The van der Waals surface area contributed by atoms with Crippen molar-refractivity contribution in [2.24, 2.45) is 5.92 Å². The van der Waals surface area contributed by atoms with Gasteiger partial charge in [0.2, 0.25) is 5.78 Å². The van der Waals surface area contributed by atoms with E-state index in [4.69, 9.17) is 14.2 Å². The summed E-state index contributed by atoms with van der Waals surface area (Å²) in [6, 6.07) is 18.3. The van der Waals surface area contributed by atoms with E-state index in [-0.39, 0.29) is 17.1 Å². The molecule has 5 heteroatoms. The van der Waals surface area contributed by atoms with E-state index in [0.29, 0.717) is 17.9 Å². The van der Waals surface area contributed by atoms with Gasteiger partial charge in [0.15, 0.2) is 5.76 Å². The maximum Gasteiger partial charge on any atom is 0.227 e. The van der Waals surface area contributed by atoms with Crippen molar-refractivity contribution in [2.45, 2.75) is 23.7 Å². The van der Waals surface area contributed by atoms with Gasteiger partial charge in [0.1, 0.15) is 11.5 Å². The van der Waals surface area contributed by atoms with Crippen molar-refractivity contribution in [3.63, 3.8) is 0 Å². The standard InChI is InChI=1S/C28H24O4S/c1-28-12-11-24(33-16-7-5-4-6-8-16)20-15-32-27(25(20)28)26(29)19-13-17-18(14-21(19)28)23(31-3)10-9-22(17)30-2/h4-11,13-14,20H,12,15H2,1-3H3. The van der Waals surface area contributed by atoms with Crippen molar-refractivity contribution >= 4 is 28.3 Å². The Hall–Kier alpha value is -3.18. The molecular formula is C28H24O4S. The van der Waals surface area contributed by atoms with E-state index in [2.05, 4.69) is 43.3 Å². The van der Waals surface area contributed by atoms with Crippen LogP contribution in [-0.4, -0.2) is 26.6 Å². The third-order valence-electron chi connectivity index (χ3n) is 7.18. The summed E-state index contributed by atoms with van der Waals surface area (Å²) in [6.07, 6.45) is 3.16. The third kappa shape index (κ3) is 2.88. The van der Waals surface area contributed by atoms with Gasteiger partial charge >= 0.3 is 0 Å². The van der Waals surface area contributed by atoms with Gasteiger partial charge in [-0.2, -0.15) is 0 Å². The number of carbonyl (C=O) groups is 1. The maximum absolute atomic E-state index is 13.7. The molecule has 0 spiro atoms. The smallest absolute Gasteiger partial charge is 0.227 e. The average Bonchev–Trinajstić information content (AvgIpc) is 3.31. The quantitative estimate of drug-likeness (QED) is 0.462. The highest BCUT2D eigenvalue weighted by atomic mass is 32.2. The second-order valence-corrected chi connectivity index (χ2v) is 10.1. The van der Waals surface area contributed by atoms with Crippen LogP contribution < -0.4 is 9.47 Å². The third-order valence-corrected chi connectivity index (χ3v) is 8.37. The zero-order valence-electron chi connectivity index (χ0n) is 18.8. The van der Waals surface area contributed by atoms with Crippen LogP contribution in [0, 0.1) is 5.92 Å². The van der Waals surface area contributed by atoms with Crippen LogP contribution in [0.5, 0.6) is 11.5 Å². The van der Waals surface area contributed by atoms with Gasteiger partial charge in [-0.25, -0.2) is 0 Å². The summed E-state index contributed by atoms with van der Waals surface area (Å²) in [6.45, 7) is 2.76. The van der Waals surface area contributed by atoms with Crippen molar-refractivity contribution < 1.29 is 19.0 Å². The lowest BCUT2D eigenvalue weighted by Gasteiger charge is -2.41. The van der Waals surface area contributed by atoms with E-state index in [0.717, 1.165) is 39.8 Å². The molecule has 0 N–H and O–H groups in total. The van der Waals surface area contributed by atoms with Crippen molar-refractivity contribution in [1.29, 1.82) is 0 Å². The Morgan fingerprint density at radius 1 is 1.00 bits per heavy atom. The summed E-state index contributed by atoms with van der Waals surface area (Å²) in [4.78, 5) is 16.1. The molecule has 2 aliphatic carbocycles. The van der Waals surface area contributed by atoms with Crippen LogP contribution in [-0.2, 0) is 10.2 Å². The van der Waals surface area contributed by atoms with Crippen molar-refractivity contribution in [3.8, 4) is 11.5 Å². The van der Waals surface area contributed by atoms with Gasteiger partial charge in [-0.05, 0) is 58.9 Å². The number of rotatable bonds is 4. The molecule has 0 fully saturated rings. The zero-order valence-corrected chi connectivity index (χ0v) is 19.6. The van der Waals surface area contributed by atoms with Crippen LogP contribution in [0.15, 0.2) is 81.8 Å². The number of carbonyl (C=O) groups excluding carboxylic acids is 1. The number of Topliss-reactive ketones (excluding diaryl/α,β-unsaturated/α-hetero) is 1. The van der Waals surface area contributed by atoms with Crippen LogP contribution in [0.1, 0.15) is 29.3 Å². The van der Waals surface area contributed by atoms with Gasteiger partial charge in [-0.15, -0.1) is 0 Å². The SMILES string of the molecule is COc1ccc(OC)c2cc3c(cc12)C(=O)C1=C2C(CO1)C(Sc1ccccc1)=CCC23C. The lowest BCUT2D eigenvalue weighted by atomic mass is 9.62. The molecule has 3 aromatic carbocycles. The molecule has 1 heterocycles. The number of ether oxygens (including phenoxy) is 3. The number of hydrogen-bond acceptors (Lipinski definition) is 5. The highest BCUT2D eigenvalue weighted by Gasteiger charge is 2.51. The van der Waals surface area contributed by atoms with Crippen LogP contribution in [0.3, 0.4) is 0 Å². The molecule has 166 valence electrons. The monoisotopic (exact) mass is 456 g/mol. The molecule has 0 aromatic heterocycles. The first-order valence-electron chi connectivity index (χ1n) is 11.1. The number of fused-ring (bicyclic) bond motifs is 3. The number of methoxy groups -OCH3 is 2. The number of hydrogen-bond donors (Lipinski definition) is 0. The lowest BCUT2D eigenvalue weighted by Crippen LogP contribution is -2.37. The predicted octanol–water partition coefficient (Wildman–Crippen LogP) is 6.29. The molecule has 2 unspecified atom stereocenters. The summed E-state index contributed by atoms with van der Waals surface area (Å²) in [5, 5.41) is 1.83. The van der Waals surface area contributed by atoms with Gasteiger partial charge in [0, 0.05) is 26.6 Å². The van der Waals surface area contributed by atoms with Gasteiger partial charge in [0.25, 0.3) is 0 Å². The van der Waals surface area contributed by atoms with Gasteiger partial charge in [-0.3, -0.25) is 4.79 Å². The Labute approximate surface area is 197 Å². The Balaban J connectivity index is 1.53. The lowest BCUT2D eigenvalue weighted by molar-refractivity contribution is 0.0931. The largest absolute Gasteiger partial charge is 0.496 e. The second-order valence-electron chi connectivity index (χ2n) is 8.91. The summed E-state index contributed by atoms with van der Waals surface area (Å²) in [7, 11) is 3.32. The van der Waals surface area contributed by atoms with Gasteiger partial charge in [0.05, 0.1) is 26.7 Å². The van der Waals surface area contributed by atoms with Gasteiger partial charge in [-0.1, -0.05) is 43.0 Å². The molecule has 33 heavy (non-hydrogen) atoms. The summed E-state index contributed by atoms with van der Waals surface area (Å²) in [5.74, 6) is 2.11. The first-order chi connectivity index (χ1) is 16.0. The highest BCUT2D eigenvalue weighted by molar-refractivity contribution is 8.03. The van der Waals surface area contributed by atoms with Crippen molar-refractivity contribution in [2.75, 3.05) is 20.8 Å². The van der Waals surface area contributed by atoms with Crippen LogP contribution >= 0.6 is 11.8 Å². The zero-order chi connectivity index (χ0) is 22.7. The first kappa shape index (κ1) is 20.4. The van der Waals surface area contributed by atoms with Crippen LogP contribution in [0.4, 0.5) is 0 Å². The fourth-order valence-corrected chi connectivity index (χ4v) is 6.60. The Bertz CT molecular complexity index is 1370. The molecule has 0 amide bonds. The number of allylic oxidation sites excluding steroid dienone is 2.